The predicted molar refractivity (Wildman–Crippen MR) is 147 cm³/mol. The second-order valence-corrected chi connectivity index (χ2v) is 53.6. The van der Waals surface area contributed by atoms with Crippen LogP contribution in [0.2, 0.25) is 9.36 Å². The number of benzene rings is 3. The van der Waals surface area contributed by atoms with Gasteiger partial charge >= 0.3 is 178 Å². The summed E-state index contributed by atoms with van der Waals surface area (Å²) in [7, 11) is 0. The third-order valence-corrected chi connectivity index (χ3v) is 32.8. The molecule has 2 unspecified atom stereocenters. The molecule has 5 rings (SSSR count). The molecule has 4 heteroatoms. The fourth-order valence-electron chi connectivity index (χ4n) is 5.95. The molecular formula is C27H30Br2HfSi. The predicted octanol–water partition coefficient (Wildman–Crippen LogP) is 8.07. The van der Waals surface area contributed by atoms with Crippen molar-refractivity contribution in [3.05, 3.63) is 107 Å². The summed E-state index contributed by atoms with van der Waals surface area (Å²) in [6.45, 7) is 4.77. The Bertz CT molecular complexity index is 1250. The molecule has 160 valence electrons. The Morgan fingerprint density at radius 3 is 2.16 bits per heavy atom. The summed E-state index contributed by atoms with van der Waals surface area (Å²) in [5, 5.41) is 0. The van der Waals surface area contributed by atoms with E-state index >= 15 is 0 Å². The van der Waals surface area contributed by atoms with Gasteiger partial charge in [-0.05, 0) is 0 Å². The first-order valence-electron chi connectivity index (χ1n) is 10.6. The topological polar surface area (TPSA) is 0 Å². The van der Waals surface area contributed by atoms with Crippen LogP contribution in [0.15, 0.2) is 84.4 Å². The fourth-order valence-corrected chi connectivity index (χ4v) is 32.1. The Labute approximate surface area is 209 Å². The molecule has 3 aromatic carbocycles. The molecule has 0 heterocycles. The third-order valence-electron chi connectivity index (χ3n) is 7.13. The van der Waals surface area contributed by atoms with E-state index in [1.54, 1.807) is 16.7 Å². The Morgan fingerprint density at radius 1 is 0.774 bits per heavy atom. The molecule has 31 heavy (non-hydrogen) atoms. The van der Waals surface area contributed by atoms with Gasteiger partial charge < -0.3 is 0 Å². The molecule has 0 spiro atoms. The molecule has 0 amide bonds. The number of fused-ring (bicyclic) bond motifs is 2. The number of hydrogen-bond donors (Lipinski definition) is 0. The van der Waals surface area contributed by atoms with Gasteiger partial charge in [0, 0.05) is 0 Å². The van der Waals surface area contributed by atoms with Crippen molar-refractivity contribution in [2.75, 3.05) is 0 Å². The molecule has 2 aliphatic rings. The standard InChI is InChI=1S/C15H11.C10H9.2CH3.2BrH.Hf.H2Si/c1-2-6-12(7-3-1)14-10-4-8-13-9-5-11-15(13)14;1-8-6-9-4-2-3-5-10(9)7-8;;;;;;/h1-11H;2-7H,1H3;2*1H3;2*1H;;1H2. The van der Waals surface area contributed by atoms with E-state index in [2.05, 4.69) is 114 Å². The zero-order valence-electron chi connectivity index (χ0n) is 18.3. The van der Waals surface area contributed by atoms with Crippen molar-refractivity contribution < 1.29 is 17.1 Å². The summed E-state index contributed by atoms with van der Waals surface area (Å²) in [4.78, 5) is 0. The minimum absolute atomic E-state index is 0. The van der Waals surface area contributed by atoms with Gasteiger partial charge in [-0.15, -0.1) is 34.0 Å². The van der Waals surface area contributed by atoms with Gasteiger partial charge in [-0.1, -0.05) is 0 Å². The Balaban J connectivity index is 0.00000136. The van der Waals surface area contributed by atoms with Crippen molar-refractivity contribution in [3.8, 4) is 11.1 Å². The first kappa shape index (κ1) is 24.8. The van der Waals surface area contributed by atoms with Gasteiger partial charge in [0.15, 0.2) is 0 Å². The first-order valence-corrected chi connectivity index (χ1v) is 30.2. The second kappa shape index (κ2) is 8.85. The van der Waals surface area contributed by atoms with Crippen LogP contribution < -0.4 is 0 Å². The van der Waals surface area contributed by atoms with Crippen molar-refractivity contribution in [3.63, 3.8) is 0 Å². The van der Waals surface area contributed by atoms with Crippen molar-refractivity contribution in [2.24, 2.45) is 0 Å². The molecule has 0 saturated heterocycles. The van der Waals surface area contributed by atoms with E-state index in [-0.39, 0.29) is 34.0 Å². The molecule has 3 aromatic rings. The van der Waals surface area contributed by atoms with Gasteiger partial charge in [0.05, 0.1) is 0 Å². The van der Waals surface area contributed by atoms with Gasteiger partial charge in [0.2, 0.25) is 0 Å². The second-order valence-electron chi connectivity index (χ2n) is 9.90. The zero-order valence-corrected chi connectivity index (χ0v) is 26.8. The first-order chi connectivity index (χ1) is 13.9. The van der Waals surface area contributed by atoms with Crippen molar-refractivity contribution >= 4 is 53.1 Å². The molecule has 0 bridgehead atoms. The molecule has 0 nitrogen and oxygen atoms in total. The third kappa shape index (κ3) is 4.03. The van der Waals surface area contributed by atoms with Crippen LogP contribution in [0.1, 0.15) is 36.5 Å². The van der Waals surface area contributed by atoms with Crippen LogP contribution in [-0.2, 0) is 17.1 Å². The number of rotatable bonds is 3. The average molecular weight is 721 g/mol. The van der Waals surface area contributed by atoms with Gasteiger partial charge in [-0.25, -0.2) is 0 Å². The summed E-state index contributed by atoms with van der Waals surface area (Å²) in [6, 6.07) is 26.9. The number of halogens is 2. The Morgan fingerprint density at radius 2 is 1.42 bits per heavy atom. The van der Waals surface area contributed by atoms with E-state index < -0.39 is 17.1 Å². The van der Waals surface area contributed by atoms with E-state index in [4.69, 9.17) is 0 Å². The summed E-state index contributed by atoms with van der Waals surface area (Å²) in [6.07, 6.45) is 7.41. The van der Waals surface area contributed by atoms with E-state index in [1.807, 2.05) is 0 Å². The van der Waals surface area contributed by atoms with Crippen molar-refractivity contribution in [1.29, 1.82) is 0 Å². The number of hydrogen-bond acceptors (Lipinski definition) is 0. The van der Waals surface area contributed by atoms with Crippen molar-refractivity contribution in [1.82, 2.24) is 0 Å². The van der Waals surface area contributed by atoms with Crippen LogP contribution in [0, 0.1) is 0 Å². The van der Waals surface area contributed by atoms with E-state index in [0.717, 1.165) is 0 Å². The minimum atomic E-state index is -3.38. The normalized spacial score (nSPS) is 19.0. The van der Waals surface area contributed by atoms with Gasteiger partial charge in [-0.2, -0.15) is 0 Å². The van der Waals surface area contributed by atoms with E-state index in [9.17, 15) is 0 Å². The fraction of sp³-hybridized carbons (Fsp3) is 0.185. The van der Waals surface area contributed by atoms with Gasteiger partial charge in [0.25, 0.3) is 0 Å². The molecule has 0 saturated carbocycles. The summed E-state index contributed by atoms with van der Waals surface area (Å²) in [5.41, 5.74) is 10.3. The maximum absolute atomic E-state index is 3.38. The molecule has 2 atom stereocenters. The molecule has 0 aliphatic heterocycles. The molecular weight excluding hydrogens is 691 g/mol. The number of allylic oxidation sites excluding steroid dienone is 2. The molecule has 0 N–H and O–H groups in total. The quantitative estimate of drug-likeness (QED) is 0.240. The van der Waals surface area contributed by atoms with Crippen LogP contribution >= 0.6 is 34.0 Å². The summed E-state index contributed by atoms with van der Waals surface area (Å²) in [5.74, 6) is 0. The average Bonchev–Trinajstić information content (AvgIpc) is 3.29. The molecule has 0 radical (unpaired) electrons. The van der Waals surface area contributed by atoms with Crippen LogP contribution in [0.25, 0.3) is 23.3 Å². The SMILES string of the molecule is Br.Br.CC1=Cc2ccccc2[CH]1[Hf]([CH3])([CH3])(=[SiH2])[CH]1C=Cc2c(-c3ccccc3)cccc21. The Kier molecular flexibility index (Phi) is 7.09. The van der Waals surface area contributed by atoms with Crippen LogP contribution in [-0.4, -0.2) is 6.94 Å². The molecule has 0 fully saturated rings. The monoisotopic (exact) mass is 720 g/mol. The molecule has 0 aromatic heterocycles. The summed E-state index contributed by atoms with van der Waals surface area (Å²) >= 11 is -3.38. The van der Waals surface area contributed by atoms with Crippen LogP contribution in [0.5, 0.6) is 0 Å². The summed E-state index contributed by atoms with van der Waals surface area (Å²) < 4.78 is 6.60. The van der Waals surface area contributed by atoms with Crippen LogP contribution in [0.3, 0.4) is 0 Å². The van der Waals surface area contributed by atoms with E-state index in [0.29, 0.717) is 7.35 Å². The van der Waals surface area contributed by atoms with Gasteiger partial charge in [-0.3, -0.25) is 0 Å². The van der Waals surface area contributed by atoms with E-state index in [1.165, 1.54) is 22.3 Å². The Hall–Kier alpha value is -0.813. The van der Waals surface area contributed by atoms with Crippen LogP contribution in [0.4, 0.5) is 0 Å². The molecule has 2 aliphatic carbocycles. The zero-order chi connectivity index (χ0) is 20.2. The van der Waals surface area contributed by atoms with Crippen molar-refractivity contribution in [2.45, 2.75) is 23.6 Å². The van der Waals surface area contributed by atoms with Gasteiger partial charge in [0.1, 0.15) is 0 Å². The maximum atomic E-state index is 2.69.